The summed E-state index contributed by atoms with van der Waals surface area (Å²) >= 11 is 0. The topological polar surface area (TPSA) is 112 Å². The number of hydrogen-bond donors (Lipinski definition) is 1. The zero-order valence-corrected chi connectivity index (χ0v) is 26.7. The fourth-order valence-corrected chi connectivity index (χ4v) is 6.17. The molecule has 2 aromatic carbocycles. The summed E-state index contributed by atoms with van der Waals surface area (Å²) in [5.41, 5.74) is 3.89. The van der Waals surface area contributed by atoms with Gasteiger partial charge in [-0.3, -0.25) is 9.69 Å². The molecule has 0 radical (unpaired) electrons. The Morgan fingerprint density at radius 3 is 2.67 bits per heavy atom. The van der Waals surface area contributed by atoms with E-state index in [9.17, 15) is 4.79 Å². The van der Waals surface area contributed by atoms with Crippen LogP contribution in [0.2, 0.25) is 0 Å². The quantitative estimate of drug-likeness (QED) is 0.198. The molecule has 0 atom stereocenters. The van der Waals surface area contributed by atoms with Gasteiger partial charge in [0.25, 0.3) is 5.91 Å². The molecule has 2 aliphatic rings. The van der Waals surface area contributed by atoms with Crippen LogP contribution in [0.4, 0.5) is 5.69 Å². The highest BCUT2D eigenvalue weighted by Crippen LogP contribution is 2.37. The molecule has 240 valence electrons. The van der Waals surface area contributed by atoms with Crippen LogP contribution in [-0.4, -0.2) is 70.7 Å². The van der Waals surface area contributed by atoms with Gasteiger partial charge in [0.1, 0.15) is 23.7 Å². The van der Waals surface area contributed by atoms with E-state index in [-0.39, 0.29) is 5.91 Å². The molecule has 1 amide bonds. The average molecular weight is 623 g/mol. The largest absolute Gasteiger partial charge is 0.495 e. The molecule has 2 fully saturated rings. The molecular formula is C36H42N6O4. The highest BCUT2D eigenvalue weighted by atomic mass is 16.5. The standard InChI is InChI=1S/C36H42N6O4/c1-25-12-13-28(35(43)40-30-22-27(14-15-31(30)44-2)26-8-4-3-5-9-26)23-32(25)46-36-29(10-6-16-37-36)34-39-24-38-33(41-34)11-7-17-42-18-20-45-21-19-42/h6,10,12-16,22-24,26H,3-5,7-9,11,17-21H2,1-2H3,(H,40,43). The van der Waals surface area contributed by atoms with Crippen molar-refractivity contribution in [3.63, 3.8) is 0 Å². The molecule has 1 saturated heterocycles. The summed E-state index contributed by atoms with van der Waals surface area (Å²) in [4.78, 5) is 34.0. The zero-order chi connectivity index (χ0) is 31.7. The number of amides is 1. The fraction of sp³-hybridized carbons (Fsp3) is 0.417. The Balaban J connectivity index is 1.17. The summed E-state index contributed by atoms with van der Waals surface area (Å²) in [5, 5.41) is 3.08. The number of carbonyl (C=O) groups excluding carboxylic acids is 1. The van der Waals surface area contributed by atoms with Crippen molar-refractivity contribution in [2.24, 2.45) is 0 Å². The lowest BCUT2D eigenvalue weighted by atomic mass is 9.84. The minimum absolute atomic E-state index is 0.246. The lowest BCUT2D eigenvalue weighted by Gasteiger charge is -2.26. The van der Waals surface area contributed by atoms with Crippen LogP contribution in [-0.2, 0) is 11.2 Å². The van der Waals surface area contributed by atoms with Crippen molar-refractivity contribution in [1.29, 1.82) is 0 Å². The van der Waals surface area contributed by atoms with Gasteiger partial charge in [-0.05, 0) is 86.2 Å². The number of rotatable bonds is 11. The first-order valence-corrected chi connectivity index (χ1v) is 16.3. The van der Waals surface area contributed by atoms with Gasteiger partial charge in [-0.2, -0.15) is 0 Å². The third-order valence-electron chi connectivity index (χ3n) is 8.82. The van der Waals surface area contributed by atoms with Crippen LogP contribution >= 0.6 is 0 Å². The summed E-state index contributed by atoms with van der Waals surface area (Å²) in [6.45, 7) is 6.41. The number of pyridine rings is 1. The van der Waals surface area contributed by atoms with Crippen molar-refractivity contribution < 1.29 is 19.0 Å². The van der Waals surface area contributed by atoms with Crippen LogP contribution in [0.1, 0.15) is 71.8 Å². The molecule has 3 heterocycles. The second-order valence-corrected chi connectivity index (χ2v) is 12.0. The van der Waals surface area contributed by atoms with Crippen molar-refractivity contribution in [2.45, 2.75) is 57.8 Å². The number of ether oxygens (including phenoxy) is 3. The molecule has 6 rings (SSSR count). The molecule has 10 heteroatoms. The molecule has 10 nitrogen and oxygen atoms in total. The Labute approximate surface area is 270 Å². The second-order valence-electron chi connectivity index (χ2n) is 12.0. The maximum atomic E-state index is 13.5. The van der Waals surface area contributed by atoms with E-state index >= 15 is 0 Å². The van der Waals surface area contributed by atoms with E-state index in [2.05, 4.69) is 37.3 Å². The lowest BCUT2D eigenvalue weighted by molar-refractivity contribution is 0.0374. The van der Waals surface area contributed by atoms with E-state index in [1.165, 1.54) is 44.0 Å². The summed E-state index contributed by atoms with van der Waals surface area (Å²) in [6.07, 6.45) is 11.0. The minimum Gasteiger partial charge on any atom is -0.495 e. The zero-order valence-electron chi connectivity index (χ0n) is 26.7. The van der Waals surface area contributed by atoms with Gasteiger partial charge >= 0.3 is 0 Å². The number of anilines is 1. The number of hydrogen-bond acceptors (Lipinski definition) is 9. The number of benzene rings is 2. The molecule has 4 aromatic rings. The summed E-state index contributed by atoms with van der Waals surface area (Å²) in [5.74, 6) is 3.00. The van der Waals surface area contributed by atoms with Crippen LogP contribution in [0.5, 0.6) is 17.4 Å². The number of nitrogens with zero attached hydrogens (tertiary/aromatic N) is 5. The molecule has 1 aliphatic heterocycles. The molecule has 2 aromatic heterocycles. The number of methoxy groups -OCH3 is 1. The summed E-state index contributed by atoms with van der Waals surface area (Å²) in [7, 11) is 1.62. The molecule has 1 saturated carbocycles. The van der Waals surface area contributed by atoms with Gasteiger partial charge in [0, 0.05) is 31.3 Å². The molecular weight excluding hydrogens is 580 g/mol. The van der Waals surface area contributed by atoms with Gasteiger partial charge in [-0.1, -0.05) is 31.4 Å². The van der Waals surface area contributed by atoms with E-state index < -0.39 is 0 Å². The Hall–Kier alpha value is -4.41. The van der Waals surface area contributed by atoms with Crippen molar-refractivity contribution >= 4 is 11.6 Å². The maximum Gasteiger partial charge on any atom is 0.255 e. The molecule has 1 N–H and O–H groups in total. The SMILES string of the molecule is COc1ccc(C2CCCCC2)cc1NC(=O)c1ccc(C)c(Oc2ncccc2-c2ncnc(CCCN3CCOCC3)n2)c1. The van der Waals surface area contributed by atoms with E-state index in [1.54, 1.807) is 25.4 Å². The van der Waals surface area contributed by atoms with E-state index in [4.69, 9.17) is 19.2 Å². The Morgan fingerprint density at radius 2 is 1.85 bits per heavy atom. The molecule has 1 aliphatic carbocycles. The van der Waals surface area contributed by atoms with Gasteiger partial charge in [0.2, 0.25) is 5.88 Å². The highest BCUT2D eigenvalue weighted by Gasteiger charge is 2.20. The third-order valence-corrected chi connectivity index (χ3v) is 8.82. The lowest BCUT2D eigenvalue weighted by Crippen LogP contribution is -2.37. The first kappa shape index (κ1) is 31.6. The van der Waals surface area contributed by atoms with Crippen LogP contribution in [0.3, 0.4) is 0 Å². The van der Waals surface area contributed by atoms with Gasteiger partial charge in [-0.25, -0.2) is 19.9 Å². The maximum absolute atomic E-state index is 13.5. The van der Waals surface area contributed by atoms with Crippen LogP contribution in [0.15, 0.2) is 61.1 Å². The number of carbonyl (C=O) groups is 1. The van der Waals surface area contributed by atoms with E-state index in [1.807, 2.05) is 31.2 Å². The van der Waals surface area contributed by atoms with Crippen molar-refractivity contribution in [2.75, 3.05) is 45.3 Å². The van der Waals surface area contributed by atoms with Crippen LogP contribution in [0, 0.1) is 6.92 Å². The van der Waals surface area contributed by atoms with E-state index in [0.717, 1.165) is 57.1 Å². The van der Waals surface area contributed by atoms with Gasteiger partial charge < -0.3 is 19.5 Å². The molecule has 0 spiro atoms. The smallest absolute Gasteiger partial charge is 0.255 e. The van der Waals surface area contributed by atoms with Gasteiger partial charge in [0.15, 0.2) is 5.82 Å². The minimum atomic E-state index is -0.246. The van der Waals surface area contributed by atoms with Crippen LogP contribution < -0.4 is 14.8 Å². The van der Waals surface area contributed by atoms with Gasteiger partial charge in [0.05, 0.1) is 31.6 Å². The number of nitrogens with one attached hydrogen (secondary N) is 1. The third kappa shape index (κ3) is 7.86. The number of aryl methyl sites for hydroxylation is 2. The molecule has 0 bridgehead atoms. The van der Waals surface area contributed by atoms with Crippen molar-refractivity contribution in [1.82, 2.24) is 24.8 Å². The second kappa shape index (κ2) is 15.2. The fourth-order valence-electron chi connectivity index (χ4n) is 6.17. The first-order chi connectivity index (χ1) is 22.6. The molecule has 46 heavy (non-hydrogen) atoms. The summed E-state index contributed by atoms with van der Waals surface area (Å²) < 4.78 is 17.4. The van der Waals surface area contributed by atoms with Gasteiger partial charge in [-0.15, -0.1) is 0 Å². The monoisotopic (exact) mass is 622 g/mol. The first-order valence-electron chi connectivity index (χ1n) is 16.3. The molecule has 0 unspecified atom stereocenters. The van der Waals surface area contributed by atoms with Crippen LogP contribution in [0.25, 0.3) is 11.4 Å². The Morgan fingerprint density at radius 1 is 1.00 bits per heavy atom. The Kier molecular flexibility index (Phi) is 10.5. The number of aromatic nitrogens is 4. The predicted octanol–water partition coefficient (Wildman–Crippen LogP) is 6.61. The summed E-state index contributed by atoms with van der Waals surface area (Å²) in [6, 6.07) is 15.2. The average Bonchev–Trinajstić information content (AvgIpc) is 3.10. The van der Waals surface area contributed by atoms with Crippen molar-refractivity contribution in [3.8, 4) is 28.8 Å². The normalized spacial score (nSPS) is 15.8. The predicted molar refractivity (Wildman–Crippen MR) is 177 cm³/mol. The van der Waals surface area contributed by atoms with E-state index in [0.29, 0.717) is 45.9 Å². The highest BCUT2D eigenvalue weighted by molar-refractivity contribution is 6.05. The number of morpholine rings is 1. The van der Waals surface area contributed by atoms with Crippen molar-refractivity contribution in [3.05, 3.63) is 83.6 Å². The Bertz CT molecular complexity index is 1630.